The van der Waals surface area contributed by atoms with Crippen LogP contribution in [0.3, 0.4) is 0 Å². The van der Waals surface area contributed by atoms with Gasteiger partial charge in [0.1, 0.15) is 30.8 Å². The Morgan fingerprint density at radius 2 is 1.46 bits per heavy atom. The number of benzene rings is 4. The quantitative estimate of drug-likeness (QED) is 0.326. The van der Waals surface area contributed by atoms with E-state index in [1.165, 1.54) is 6.92 Å². The maximum absolute atomic E-state index is 13.0. The monoisotopic (exact) mass is 469 g/mol. The number of aliphatic hydroxyl groups excluding tert-OH is 1. The van der Waals surface area contributed by atoms with Crippen molar-refractivity contribution in [2.24, 2.45) is 0 Å². The minimum absolute atomic E-state index is 0.00252. The fourth-order valence-electron chi connectivity index (χ4n) is 3.60. The molecule has 0 aliphatic heterocycles. The van der Waals surface area contributed by atoms with Crippen LogP contribution in [0, 0.1) is 0 Å². The van der Waals surface area contributed by atoms with E-state index in [-0.39, 0.29) is 24.9 Å². The Morgan fingerprint density at radius 1 is 0.829 bits per heavy atom. The molecular formula is C29H27NO5. The second-order valence-electron chi connectivity index (χ2n) is 8.22. The molecule has 0 aliphatic rings. The zero-order chi connectivity index (χ0) is 24.6. The van der Waals surface area contributed by atoms with Crippen LogP contribution in [0.25, 0.3) is 10.8 Å². The van der Waals surface area contributed by atoms with Gasteiger partial charge in [-0.25, -0.2) is 0 Å². The molecule has 0 heterocycles. The maximum atomic E-state index is 13.0. The van der Waals surface area contributed by atoms with Crippen LogP contribution in [0.1, 0.15) is 33.2 Å². The Morgan fingerprint density at radius 3 is 2.14 bits per heavy atom. The van der Waals surface area contributed by atoms with Gasteiger partial charge in [-0.15, -0.1) is 0 Å². The summed E-state index contributed by atoms with van der Waals surface area (Å²) in [5, 5.41) is 15.2. The molecule has 1 unspecified atom stereocenters. The van der Waals surface area contributed by atoms with E-state index < -0.39 is 6.10 Å². The predicted molar refractivity (Wildman–Crippen MR) is 135 cm³/mol. The summed E-state index contributed by atoms with van der Waals surface area (Å²) >= 11 is 0. The zero-order valence-electron chi connectivity index (χ0n) is 19.4. The van der Waals surface area contributed by atoms with Gasteiger partial charge in [0.2, 0.25) is 0 Å². The van der Waals surface area contributed by atoms with Gasteiger partial charge in [-0.3, -0.25) is 9.59 Å². The minimum atomic E-state index is -0.922. The summed E-state index contributed by atoms with van der Waals surface area (Å²) in [6.07, 6.45) is -0.922. The molecule has 0 aromatic heterocycles. The zero-order valence-corrected chi connectivity index (χ0v) is 19.4. The van der Waals surface area contributed by atoms with Gasteiger partial charge in [-0.2, -0.15) is 0 Å². The van der Waals surface area contributed by atoms with Gasteiger partial charge in [0.15, 0.2) is 5.78 Å². The van der Waals surface area contributed by atoms with Gasteiger partial charge in [-0.05, 0) is 59.7 Å². The Kier molecular flexibility index (Phi) is 7.75. The Labute approximate surface area is 204 Å². The molecular weight excluding hydrogens is 442 g/mol. The first-order valence-corrected chi connectivity index (χ1v) is 11.4. The molecule has 4 rings (SSSR count). The number of amides is 1. The molecule has 6 nitrogen and oxygen atoms in total. The number of rotatable bonds is 10. The summed E-state index contributed by atoms with van der Waals surface area (Å²) in [6, 6.07) is 27.7. The van der Waals surface area contributed by atoms with Crippen LogP contribution in [-0.4, -0.2) is 36.1 Å². The van der Waals surface area contributed by atoms with Crippen LogP contribution < -0.4 is 14.8 Å². The smallest absolute Gasteiger partial charge is 0.255 e. The van der Waals surface area contributed by atoms with Gasteiger partial charge in [0, 0.05) is 12.1 Å². The first-order chi connectivity index (χ1) is 17.0. The summed E-state index contributed by atoms with van der Waals surface area (Å²) in [5.41, 5.74) is 1.98. The topological polar surface area (TPSA) is 84.9 Å². The molecule has 178 valence electrons. The van der Waals surface area contributed by atoms with E-state index in [1.54, 1.807) is 36.4 Å². The van der Waals surface area contributed by atoms with Crippen molar-refractivity contribution in [1.29, 1.82) is 0 Å². The van der Waals surface area contributed by atoms with E-state index in [0.717, 1.165) is 16.3 Å². The summed E-state index contributed by atoms with van der Waals surface area (Å²) in [5.74, 6) is 0.648. The lowest BCUT2D eigenvalue weighted by Gasteiger charge is -2.17. The molecule has 1 amide bonds. The average Bonchev–Trinajstić information content (AvgIpc) is 2.89. The minimum Gasteiger partial charge on any atom is -0.491 e. The second kappa shape index (κ2) is 11.3. The van der Waals surface area contributed by atoms with E-state index in [9.17, 15) is 14.7 Å². The molecule has 4 aromatic carbocycles. The Hall–Kier alpha value is -4.16. The van der Waals surface area contributed by atoms with Gasteiger partial charge in [0.25, 0.3) is 5.91 Å². The van der Waals surface area contributed by atoms with Crippen LogP contribution in [0.15, 0.2) is 91.0 Å². The van der Waals surface area contributed by atoms with Crippen molar-refractivity contribution < 1.29 is 24.2 Å². The van der Waals surface area contributed by atoms with Crippen molar-refractivity contribution in [2.45, 2.75) is 19.6 Å². The highest BCUT2D eigenvalue weighted by Gasteiger charge is 2.16. The number of aliphatic hydroxyl groups is 1. The molecule has 35 heavy (non-hydrogen) atoms. The summed E-state index contributed by atoms with van der Waals surface area (Å²) in [7, 11) is 0. The Balaban J connectivity index is 1.42. The lowest BCUT2D eigenvalue weighted by atomic mass is 10.0. The van der Waals surface area contributed by atoms with Crippen LogP contribution in [0.2, 0.25) is 0 Å². The van der Waals surface area contributed by atoms with E-state index in [4.69, 9.17) is 9.47 Å². The third kappa shape index (κ3) is 6.46. The number of Topliss-reactive ketones (excluding diaryl/α,β-unsaturated/α-hetero) is 1. The van der Waals surface area contributed by atoms with E-state index in [0.29, 0.717) is 29.2 Å². The van der Waals surface area contributed by atoms with Gasteiger partial charge in [0.05, 0.1) is 5.56 Å². The first-order valence-electron chi connectivity index (χ1n) is 11.4. The van der Waals surface area contributed by atoms with E-state index >= 15 is 0 Å². The van der Waals surface area contributed by atoms with E-state index in [2.05, 4.69) is 5.32 Å². The van der Waals surface area contributed by atoms with Crippen LogP contribution in [0.5, 0.6) is 11.5 Å². The van der Waals surface area contributed by atoms with Crippen LogP contribution in [0.4, 0.5) is 0 Å². The van der Waals surface area contributed by atoms with E-state index in [1.807, 2.05) is 54.6 Å². The van der Waals surface area contributed by atoms with Crippen molar-refractivity contribution in [2.75, 3.05) is 13.2 Å². The number of hydrogen-bond acceptors (Lipinski definition) is 5. The van der Waals surface area contributed by atoms with Crippen LogP contribution in [-0.2, 0) is 6.54 Å². The molecule has 0 bridgehead atoms. The molecule has 0 saturated heterocycles. The molecule has 0 fully saturated rings. The molecule has 6 heteroatoms. The van der Waals surface area contributed by atoms with Crippen molar-refractivity contribution in [3.8, 4) is 11.5 Å². The summed E-state index contributed by atoms with van der Waals surface area (Å²) in [4.78, 5) is 24.4. The SMILES string of the molecule is CC(=O)c1ccc(OCC(O)COc2cc3ccccc3cc2C(=O)NCc2ccccc2)cc1. The second-order valence-corrected chi connectivity index (χ2v) is 8.22. The molecule has 4 aromatic rings. The highest BCUT2D eigenvalue weighted by molar-refractivity contribution is 6.01. The lowest BCUT2D eigenvalue weighted by molar-refractivity contribution is 0.0619. The van der Waals surface area contributed by atoms with Crippen molar-refractivity contribution in [3.05, 3.63) is 108 Å². The van der Waals surface area contributed by atoms with Crippen molar-refractivity contribution in [3.63, 3.8) is 0 Å². The number of ketones is 1. The fraction of sp³-hybridized carbons (Fsp3) is 0.172. The molecule has 0 saturated carbocycles. The first kappa shape index (κ1) is 24.0. The number of carbonyl (C=O) groups excluding carboxylic acids is 2. The lowest BCUT2D eigenvalue weighted by Crippen LogP contribution is -2.27. The highest BCUT2D eigenvalue weighted by Crippen LogP contribution is 2.26. The number of hydrogen-bond donors (Lipinski definition) is 2. The number of nitrogens with one attached hydrogen (secondary N) is 1. The molecule has 2 N–H and O–H groups in total. The van der Waals surface area contributed by atoms with Gasteiger partial charge >= 0.3 is 0 Å². The molecule has 0 radical (unpaired) electrons. The largest absolute Gasteiger partial charge is 0.491 e. The standard InChI is InChI=1S/C29H27NO5/c1-20(31)22-11-13-26(14-12-22)34-18-25(32)19-35-28-16-24-10-6-5-9-23(24)15-27(28)29(33)30-17-21-7-3-2-4-8-21/h2-16,25,32H,17-19H2,1H3,(H,30,33). The maximum Gasteiger partial charge on any atom is 0.255 e. The number of fused-ring (bicyclic) bond motifs is 1. The summed E-state index contributed by atoms with van der Waals surface area (Å²) in [6.45, 7) is 1.84. The third-order valence-corrected chi connectivity index (χ3v) is 5.52. The Bertz CT molecular complexity index is 1300. The molecule has 0 aliphatic carbocycles. The highest BCUT2D eigenvalue weighted by atomic mass is 16.5. The average molecular weight is 470 g/mol. The number of carbonyl (C=O) groups is 2. The predicted octanol–water partition coefficient (Wildman–Crippen LogP) is 4.79. The number of ether oxygens (including phenoxy) is 2. The molecule has 0 spiro atoms. The van der Waals surface area contributed by atoms with Gasteiger partial charge in [-0.1, -0.05) is 54.6 Å². The normalized spacial score (nSPS) is 11.6. The van der Waals surface area contributed by atoms with Crippen LogP contribution >= 0.6 is 0 Å². The summed E-state index contributed by atoms with van der Waals surface area (Å²) < 4.78 is 11.5. The fourth-order valence-corrected chi connectivity index (χ4v) is 3.60. The third-order valence-electron chi connectivity index (χ3n) is 5.52. The van der Waals surface area contributed by atoms with Crippen molar-refractivity contribution in [1.82, 2.24) is 5.32 Å². The van der Waals surface area contributed by atoms with Crippen molar-refractivity contribution >= 4 is 22.5 Å². The van der Waals surface area contributed by atoms with Gasteiger partial charge < -0.3 is 19.9 Å². The molecule has 1 atom stereocenters.